The van der Waals surface area contributed by atoms with Gasteiger partial charge in [-0.05, 0) is 60.4 Å². The van der Waals surface area contributed by atoms with E-state index in [-0.39, 0.29) is 23.8 Å². The fourth-order valence-corrected chi connectivity index (χ4v) is 6.04. The second-order valence-electron chi connectivity index (χ2n) is 9.84. The third kappa shape index (κ3) is 5.86. The maximum atomic E-state index is 13.6. The van der Waals surface area contributed by atoms with Crippen molar-refractivity contribution in [2.45, 2.75) is 46.3 Å². The van der Waals surface area contributed by atoms with E-state index >= 15 is 0 Å². The van der Waals surface area contributed by atoms with E-state index in [0.717, 1.165) is 29.7 Å². The van der Waals surface area contributed by atoms with Crippen molar-refractivity contribution in [1.82, 2.24) is 9.47 Å². The Bertz CT molecular complexity index is 1670. The summed E-state index contributed by atoms with van der Waals surface area (Å²) in [5.41, 5.74) is 2.64. The normalized spacial score (nSPS) is 14.9. The number of pyridine rings is 1. The largest absolute Gasteiger partial charge is 0.497 e. The lowest BCUT2D eigenvalue weighted by molar-refractivity contribution is -0.122. The number of aromatic nitrogens is 1. The molecule has 2 aliphatic rings. The SMILES string of the molecule is CCCCn1c(NCc2ccc3c(c2)OCO3)c(/C=C2/SC(=S)N(Cc3ccc(OC)cc3)C2=O)c(C)c(C#N)c1=O. The number of hydrogen-bond acceptors (Lipinski definition) is 9. The van der Waals surface area contributed by atoms with Crippen LogP contribution in [0.15, 0.2) is 52.2 Å². The summed E-state index contributed by atoms with van der Waals surface area (Å²) in [6.45, 7) is 5.08. The first kappa shape index (κ1) is 29.2. The van der Waals surface area contributed by atoms with Gasteiger partial charge in [0.15, 0.2) is 11.5 Å². The monoisotopic (exact) mass is 602 g/mol. The highest BCUT2D eigenvalue weighted by atomic mass is 32.2. The van der Waals surface area contributed by atoms with Crippen LogP contribution >= 0.6 is 24.0 Å². The predicted octanol–water partition coefficient (Wildman–Crippen LogP) is 5.58. The number of nitrogens with zero attached hydrogens (tertiary/aromatic N) is 3. The van der Waals surface area contributed by atoms with Crippen molar-refractivity contribution < 1.29 is 19.0 Å². The number of thioether (sulfide) groups is 1. The molecule has 3 aromatic rings. The first-order chi connectivity index (χ1) is 20.3. The molecule has 1 saturated heterocycles. The third-order valence-electron chi connectivity index (χ3n) is 7.16. The summed E-state index contributed by atoms with van der Waals surface area (Å²) in [6, 6.07) is 15.2. The summed E-state index contributed by atoms with van der Waals surface area (Å²) >= 11 is 6.79. The van der Waals surface area contributed by atoms with Crippen LogP contribution in [0.1, 0.15) is 47.6 Å². The van der Waals surface area contributed by atoms with Crippen LogP contribution in [0.4, 0.5) is 5.82 Å². The molecule has 1 aromatic heterocycles. The zero-order valence-electron chi connectivity index (χ0n) is 23.6. The van der Waals surface area contributed by atoms with Gasteiger partial charge in [0.2, 0.25) is 6.79 Å². The Morgan fingerprint density at radius 3 is 2.60 bits per heavy atom. The number of anilines is 1. The van der Waals surface area contributed by atoms with Crippen LogP contribution in [-0.2, 0) is 24.4 Å². The second kappa shape index (κ2) is 12.7. The van der Waals surface area contributed by atoms with E-state index in [4.69, 9.17) is 26.4 Å². The average Bonchev–Trinajstić information content (AvgIpc) is 3.57. The Morgan fingerprint density at radius 2 is 1.88 bits per heavy atom. The molecule has 0 atom stereocenters. The summed E-state index contributed by atoms with van der Waals surface area (Å²) in [6.07, 6.45) is 3.35. The average molecular weight is 603 g/mol. The molecule has 5 rings (SSSR count). The molecule has 11 heteroatoms. The highest BCUT2D eigenvalue weighted by molar-refractivity contribution is 8.26. The van der Waals surface area contributed by atoms with Crippen LogP contribution in [0.2, 0.25) is 0 Å². The van der Waals surface area contributed by atoms with Gasteiger partial charge >= 0.3 is 0 Å². The Kier molecular flexibility index (Phi) is 8.85. The number of nitriles is 1. The third-order valence-corrected chi connectivity index (χ3v) is 8.53. The Balaban J connectivity index is 1.52. The number of amides is 1. The highest BCUT2D eigenvalue weighted by Gasteiger charge is 2.33. The van der Waals surface area contributed by atoms with E-state index in [1.165, 1.54) is 11.8 Å². The van der Waals surface area contributed by atoms with Crippen molar-refractivity contribution in [1.29, 1.82) is 5.26 Å². The minimum atomic E-state index is -0.360. The minimum absolute atomic E-state index is 0.0553. The molecule has 216 valence electrons. The van der Waals surface area contributed by atoms with E-state index in [9.17, 15) is 14.9 Å². The second-order valence-corrected chi connectivity index (χ2v) is 11.5. The molecule has 0 aliphatic carbocycles. The number of carbonyl (C=O) groups excluding carboxylic acids is 1. The molecular weight excluding hydrogens is 572 g/mol. The molecule has 0 saturated carbocycles. The smallest absolute Gasteiger partial charge is 0.270 e. The molecule has 0 spiro atoms. The quantitative estimate of drug-likeness (QED) is 0.235. The molecule has 2 aromatic carbocycles. The maximum absolute atomic E-state index is 13.6. The van der Waals surface area contributed by atoms with Gasteiger partial charge in [-0.15, -0.1) is 0 Å². The number of unbranched alkanes of at least 4 members (excludes halogenated alkanes) is 1. The van der Waals surface area contributed by atoms with Crippen LogP contribution in [0.3, 0.4) is 0 Å². The van der Waals surface area contributed by atoms with E-state index in [1.54, 1.807) is 29.6 Å². The summed E-state index contributed by atoms with van der Waals surface area (Å²) in [5, 5.41) is 13.3. The number of benzene rings is 2. The molecule has 9 nitrogen and oxygen atoms in total. The van der Waals surface area contributed by atoms with Crippen molar-refractivity contribution in [3.8, 4) is 23.3 Å². The number of methoxy groups -OCH3 is 1. The zero-order chi connectivity index (χ0) is 29.8. The van der Waals surface area contributed by atoms with Crippen molar-refractivity contribution in [3.63, 3.8) is 0 Å². The Labute approximate surface area is 253 Å². The van der Waals surface area contributed by atoms with Gasteiger partial charge in [-0.1, -0.05) is 55.5 Å². The number of nitrogens with one attached hydrogen (secondary N) is 1. The molecule has 0 unspecified atom stereocenters. The fourth-order valence-electron chi connectivity index (χ4n) is 4.80. The molecule has 1 N–H and O–H groups in total. The van der Waals surface area contributed by atoms with Crippen molar-refractivity contribution in [3.05, 3.63) is 85.5 Å². The van der Waals surface area contributed by atoms with Gasteiger partial charge in [-0.3, -0.25) is 19.1 Å². The molecule has 42 heavy (non-hydrogen) atoms. The number of fused-ring (bicyclic) bond motifs is 1. The van der Waals surface area contributed by atoms with Gasteiger partial charge in [0, 0.05) is 18.7 Å². The van der Waals surface area contributed by atoms with Gasteiger partial charge in [-0.25, -0.2) is 0 Å². The van der Waals surface area contributed by atoms with Crippen LogP contribution < -0.4 is 25.1 Å². The van der Waals surface area contributed by atoms with Crippen LogP contribution in [0.25, 0.3) is 6.08 Å². The number of hydrogen-bond donors (Lipinski definition) is 1. The molecule has 1 fully saturated rings. The number of ether oxygens (including phenoxy) is 3. The highest BCUT2D eigenvalue weighted by Crippen LogP contribution is 2.37. The summed E-state index contributed by atoms with van der Waals surface area (Å²) in [4.78, 5) is 29.0. The summed E-state index contributed by atoms with van der Waals surface area (Å²) < 4.78 is 18.2. The van der Waals surface area contributed by atoms with Crippen LogP contribution in [0.5, 0.6) is 17.2 Å². The fraction of sp³-hybridized carbons (Fsp3) is 0.290. The first-order valence-corrected chi connectivity index (χ1v) is 14.7. The van der Waals surface area contributed by atoms with E-state index in [1.807, 2.05) is 49.4 Å². The Morgan fingerprint density at radius 1 is 1.14 bits per heavy atom. The van der Waals surface area contributed by atoms with Gasteiger partial charge < -0.3 is 19.5 Å². The van der Waals surface area contributed by atoms with Crippen molar-refractivity contribution >= 4 is 46.1 Å². The lowest BCUT2D eigenvalue weighted by Gasteiger charge is -2.20. The molecule has 2 aliphatic heterocycles. The van der Waals surface area contributed by atoms with E-state index in [2.05, 4.69) is 11.4 Å². The topological polar surface area (TPSA) is 106 Å². The van der Waals surface area contributed by atoms with Gasteiger partial charge in [-0.2, -0.15) is 5.26 Å². The number of rotatable bonds is 10. The van der Waals surface area contributed by atoms with Gasteiger partial charge in [0.1, 0.15) is 27.5 Å². The lowest BCUT2D eigenvalue weighted by Crippen LogP contribution is -2.28. The van der Waals surface area contributed by atoms with Crippen LogP contribution in [-0.4, -0.2) is 33.6 Å². The summed E-state index contributed by atoms with van der Waals surface area (Å²) in [7, 11) is 1.60. The summed E-state index contributed by atoms with van der Waals surface area (Å²) in [5.74, 6) is 2.39. The van der Waals surface area contributed by atoms with Crippen LogP contribution in [0, 0.1) is 18.3 Å². The van der Waals surface area contributed by atoms with E-state index < -0.39 is 0 Å². The molecule has 1 amide bonds. The van der Waals surface area contributed by atoms with Crippen molar-refractivity contribution in [2.75, 3.05) is 19.2 Å². The number of thiocarbonyl (C=S) groups is 1. The lowest BCUT2D eigenvalue weighted by atomic mass is 10.0. The molecular formula is C31H30N4O5S2. The Hall–Kier alpha value is -4.27. The molecule has 0 bridgehead atoms. The number of carbonyl (C=O) groups is 1. The standard InChI is InChI=1S/C31H30N4O5S2/c1-4-5-12-34-28(33-16-21-8-11-25-26(13-21)40-18-39-25)23(19(2)24(15-32)29(34)36)14-27-30(37)35(31(41)42-27)17-20-6-9-22(38-3)10-7-20/h6-11,13-14,33H,4-5,12,16-18H2,1-3H3/b27-14+. The van der Waals surface area contributed by atoms with E-state index in [0.29, 0.717) is 57.3 Å². The van der Waals surface area contributed by atoms with Gasteiger partial charge in [0.25, 0.3) is 11.5 Å². The zero-order valence-corrected chi connectivity index (χ0v) is 25.2. The van der Waals surface area contributed by atoms with Gasteiger partial charge in [0.05, 0.1) is 18.6 Å². The molecule has 3 heterocycles. The first-order valence-electron chi connectivity index (χ1n) is 13.5. The minimum Gasteiger partial charge on any atom is -0.497 e. The van der Waals surface area contributed by atoms with Crippen molar-refractivity contribution in [2.24, 2.45) is 0 Å². The molecule has 0 radical (unpaired) electrons. The predicted molar refractivity (Wildman–Crippen MR) is 167 cm³/mol. The maximum Gasteiger partial charge on any atom is 0.270 e.